The number of nitrogens with two attached hydrogens (primary N) is 1. The smallest absolute Gasteiger partial charge is 0.381 e. The van der Waals surface area contributed by atoms with Crippen molar-refractivity contribution in [1.82, 2.24) is 0 Å². The number of hydrogen-bond donors (Lipinski definition) is 1. The Bertz CT molecular complexity index is 407. The minimum absolute atomic E-state index is 0. The van der Waals surface area contributed by atoms with Crippen LogP contribution in [0.25, 0.3) is 0 Å². The summed E-state index contributed by atoms with van der Waals surface area (Å²) in [5.74, 6) is 0.342. The van der Waals surface area contributed by atoms with Gasteiger partial charge < -0.3 is 10.5 Å². The molecular formula is C13H17ClF3NOS. The molecule has 0 bridgehead atoms. The van der Waals surface area contributed by atoms with Crippen LogP contribution in [0.2, 0.25) is 0 Å². The molecule has 1 aliphatic heterocycles. The molecule has 0 unspecified atom stereocenters. The Morgan fingerprint density at radius 2 is 1.70 bits per heavy atom. The summed E-state index contributed by atoms with van der Waals surface area (Å²) in [6, 6.07) is 6.20. The van der Waals surface area contributed by atoms with E-state index < -0.39 is 5.51 Å². The fraction of sp³-hybridized carbons (Fsp3) is 0.538. The standard InChI is InChI=1S/C13H16F3NOS.ClH/c14-13(15,16)19-11-3-1-9(2-4-11)12(17)10-5-7-18-8-6-10;/h1-4,10,12H,5-8,17H2;1H/t12-;/m0./s1. The Morgan fingerprint density at radius 1 is 1.15 bits per heavy atom. The lowest BCUT2D eigenvalue weighted by molar-refractivity contribution is -0.0328. The van der Waals surface area contributed by atoms with Crippen LogP contribution >= 0.6 is 24.2 Å². The molecule has 1 aromatic carbocycles. The number of rotatable bonds is 3. The molecule has 20 heavy (non-hydrogen) atoms. The lowest BCUT2D eigenvalue weighted by atomic mass is 9.88. The molecule has 1 heterocycles. The molecular weight excluding hydrogens is 311 g/mol. The van der Waals surface area contributed by atoms with Crippen molar-refractivity contribution in [2.24, 2.45) is 11.7 Å². The summed E-state index contributed by atoms with van der Waals surface area (Å²) >= 11 is -0.104. The van der Waals surface area contributed by atoms with E-state index in [0.29, 0.717) is 19.1 Å². The van der Waals surface area contributed by atoms with Crippen LogP contribution in [0.15, 0.2) is 29.2 Å². The summed E-state index contributed by atoms with van der Waals surface area (Å²) in [6.45, 7) is 1.42. The monoisotopic (exact) mass is 327 g/mol. The molecule has 1 atom stereocenters. The predicted molar refractivity (Wildman–Crippen MR) is 76.1 cm³/mol. The Kier molecular flexibility index (Phi) is 6.64. The third-order valence-corrected chi connectivity index (χ3v) is 4.01. The molecule has 114 valence electrons. The van der Waals surface area contributed by atoms with E-state index in [1.165, 1.54) is 12.1 Å². The zero-order valence-electron chi connectivity index (χ0n) is 10.7. The lowest BCUT2D eigenvalue weighted by Crippen LogP contribution is -2.27. The lowest BCUT2D eigenvalue weighted by Gasteiger charge is -2.28. The van der Waals surface area contributed by atoms with Crippen molar-refractivity contribution in [2.45, 2.75) is 29.3 Å². The summed E-state index contributed by atoms with van der Waals surface area (Å²) in [6.07, 6.45) is 1.81. The van der Waals surface area contributed by atoms with Crippen molar-refractivity contribution in [3.8, 4) is 0 Å². The molecule has 7 heteroatoms. The van der Waals surface area contributed by atoms with Crippen molar-refractivity contribution < 1.29 is 17.9 Å². The van der Waals surface area contributed by atoms with Crippen molar-refractivity contribution in [3.05, 3.63) is 29.8 Å². The van der Waals surface area contributed by atoms with E-state index in [1.807, 2.05) is 0 Å². The maximum Gasteiger partial charge on any atom is 0.446 e. The van der Waals surface area contributed by atoms with E-state index in [0.717, 1.165) is 18.4 Å². The summed E-state index contributed by atoms with van der Waals surface area (Å²) < 4.78 is 41.9. The molecule has 1 aliphatic rings. The third kappa shape index (κ3) is 5.16. The highest BCUT2D eigenvalue weighted by atomic mass is 35.5. The zero-order chi connectivity index (χ0) is 13.9. The molecule has 1 fully saturated rings. The van der Waals surface area contributed by atoms with Gasteiger partial charge in [-0.1, -0.05) is 12.1 Å². The first-order chi connectivity index (χ1) is 8.96. The highest BCUT2D eigenvalue weighted by Crippen LogP contribution is 2.37. The minimum atomic E-state index is -4.25. The number of thioether (sulfide) groups is 1. The van der Waals surface area contributed by atoms with E-state index in [4.69, 9.17) is 10.5 Å². The van der Waals surface area contributed by atoms with Gasteiger partial charge in [0, 0.05) is 24.2 Å². The van der Waals surface area contributed by atoms with Gasteiger partial charge in [0.25, 0.3) is 0 Å². The molecule has 2 rings (SSSR count). The highest BCUT2D eigenvalue weighted by molar-refractivity contribution is 8.00. The van der Waals surface area contributed by atoms with Gasteiger partial charge in [0.15, 0.2) is 0 Å². The second kappa shape index (κ2) is 7.54. The second-order valence-corrected chi connectivity index (χ2v) is 5.73. The van der Waals surface area contributed by atoms with Gasteiger partial charge in [0.1, 0.15) is 0 Å². The number of halogens is 4. The van der Waals surface area contributed by atoms with E-state index in [-0.39, 0.29) is 35.1 Å². The first-order valence-corrected chi connectivity index (χ1v) is 6.96. The second-order valence-electron chi connectivity index (χ2n) is 4.59. The van der Waals surface area contributed by atoms with Crippen LogP contribution in [-0.4, -0.2) is 18.7 Å². The largest absolute Gasteiger partial charge is 0.446 e. The first kappa shape index (κ1) is 17.6. The molecule has 0 spiro atoms. The van der Waals surface area contributed by atoms with Crippen molar-refractivity contribution in [2.75, 3.05) is 13.2 Å². The number of benzene rings is 1. The Balaban J connectivity index is 0.00000200. The maximum atomic E-state index is 12.2. The molecule has 0 amide bonds. The average Bonchev–Trinajstić information content (AvgIpc) is 2.38. The normalized spacial score (nSPS) is 18.4. The van der Waals surface area contributed by atoms with Crippen LogP contribution < -0.4 is 5.73 Å². The van der Waals surface area contributed by atoms with Crippen molar-refractivity contribution in [1.29, 1.82) is 0 Å². The van der Waals surface area contributed by atoms with Crippen LogP contribution in [0.3, 0.4) is 0 Å². The third-order valence-electron chi connectivity index (χ3n) is 3.27. The van der Waals surface area contributed by atoms with Crippen molar-refractivity contribution in [3.63, 3.8) is 0 Å². The van der Waals surface area contributed by atoms with Gasteiger partial charge in [-0.05, 0) is 48.2 Å². The van der Waals surface area contributed by atoms with Gasteiger partial charge in [-0.25, -0.2) is 0 Å². The minimum Gasteiger partial charge on any atom is -0.381 e. The van der Waals surface area contributed by atoms with Gasteiger partial charge in [0.2, 0.25) is 0 Å². The van der Waals surface area contributed by atoms with Gasteiger partial charge in [0.05, 0.1) is 0 Å². The molecule has 0 saturated carbocycles. The van der Waals surface area contributed by atoms with Gasteiger partial charge in [-0.2, -0.15) is 13.2 Å². The summed E-state index contributed by atoms with van der Waals surface area (Å²) in [5.41, 5.74) is 2.80. The number of hydrogen-bond acceptors (Lipinski definition) is 3. The molecule has 0 aromatic heterocycles. The van der Waals surface area contributed by atoms with Gasteiger partial charge in [-0.3, -0.25) is 0 Å². The average molecular weight is 328 g/mol. The maximum absolute atomic E-state index is 12.2. The topological polar surface area (TPSA) is 35.2 Å². The molecule has 0 radical (unpaired) electrons. The van der Waals surface area contributed by atoms with Crippen LogP contribution in [0, 0.1) is 5.92 Å². The number of ether oxygens (including phenoxy) is 1. The van der Waals surface area contributed by atoms with Gasteiger partial charge in [-0.15, -0.1) is 12.4 Å². The van der Waals surface area contributed by atoms with Crippen LogP contribution in [0.1, 0.15) is 24.4 Å². The molecule has 1 aromatic rings. The summed E-state index contributed by atoms with van der Waals surface area (Å²) in [7, 11) is 0. The van der Waals surface area contributed by atoms with Crippen LogP contribution in [0.4, 0.5) is 13.2 Å². The quantitative estimate of drug-likeness (QED) is 0.847. The van der Waals surface area contributed by atoms with E-state index in [1.54, 1.807) is 12.1 Å². The predicted octanol–water partition coefficient (Wildman–Crippen LogP) is 4.15. The summed E-state index contributed by atoms with van der Waals surface area (Å²) in [4.78, 5) is 0.190. The first-order valence-electron chi connectivity index (χ1n) is 6.15. The highest BCUT2D eigenvalue weighted by Gasteiger charge is 2.29. The SMILES string of the molecule is Cl.N[C@@H](c1ccc(SC(F)(F)F)cc1)C1CCOCC1. The van der Waals surface area contributed by atoms with Crippen LogP contribution in [-0.2, 0) is 4.74 Å². The molecule has 0 aliphatic carbocycles. The van der Waals surface area contributed by atoms with Crippen molar-refractivity contribution >= 4 is 24.2 Å². The molecule has 2 N–H and O–H groups in total. The fourth-order valence-electron chi connectivity index (χ4n) is 2.24. The Hall–Kier alpha value is -0.430. The Labute approximate surface area is 126 Å². The molecule has 1 saturated heterocycles. The summed E-state index contributed by atoms with van der Waals surface area (Å²) in [5, 5.41) is 0. The number of alkyl halides is 3. The van der Waals surface area contributed by atoms with Gasteiger partial charge >= 0.3 is 5.51 Å². The van der Waals surface area contributed by atoms with E-state index >= 15 is 0 Å². The zero-order valence-corrected chi connectivity index (χ0v) is 12.4. The molecule has 2 nitrogen and oxygen atoms in total. The fourth-order valence-corrected chi connectivity index (χ4v) is 2.78. The van der Waals surface area contributed by atoms with Crippen LogP contribution in [0.5, 0.6) is 0 Å². The van der Waals surface area contributed by atoms with E-state index in [2.05, 4.69) is 0 Å². The van der Waals surface area contributed by atoms with E-state index in [9.17, 15) is 13.2 Å². The Morgan fingerprint density at radius 3 is 2.20 bits per heavy atom.